The lowest BCUT2D eigenvalue weighted by molar-refractivity contribution is -0.140. The second kappa shape index (κ2) is 10.2. The molecule has 8 heteroatoms. The molecule has 4 heterocycles. The molecule has 4 aliphatic rings. The number of H-pyrrole nitrogens is 1. The first kappa shape index (κ1) is 25.5. The molecule has 2 saturated heterocycles. The summed E-state index contributed by atoms with van der Waals surface area (Å²) in [6, 6.07) is 17.0. The number of carbonyl (C=O) groups is 2. The normalized spacial score (nSPS) is 21.3. The highest BCUT2D eigenvalue weighted by Crippen LogP contribution is 2.38. The lowest BCUT2D eigenvalue weighted by Gasteiger charge is -2.42. The zero-order valence-corrected chi connectivity index (χ0v) is 23.1. The number of aromatic amines is 1. The van der Waals surface area contributed by atoms with E-state index in [1.807, 2.05) is 16.0 Å². The van der Waals surface area contributed by atoms with Crippen molar-refractivity contribution in [3.8, 4) is 11.1 Å². The number of benzene rings is 2. The molecule has 2 amide bonds. The minimum atomic E-state index is -0.690. The number of amidine groups is 1. The average molecular weight is 540 g/mol. The van der Waals surface area contributed by atoms with Crippen molar-refractivity contribution in [1.29, 1.82) is 0 Å². The third kappa shape index (κ3) is 4.63. The van der Waals surface area contributed by atoms with Gasteiger partial charge in [0.1, 0.15) is 11.4 Å². The van der Waals surface area contributed by atoms with E-state index in [-0.39, 0.29) is 11.8 Å². The Morgan fingerprint density at radius 1 is 1.02 bits per heavy atom. The second-order valence-electron chi connectivity index (χ2n) is 12.0. The van der Waals surface area contributed by atoms with Gasteiger partial charge in [-0.25, -0.2) is 0 Å². The molecule has 1 aliphatic carbocycles. The Morgan fingerprint density at radius 2 is 1.75 bits per heavy atom. The highest BCUT2D eigenvalue weighted by atomic mass is 16.5. The SMILES string of the molecule is COCCN1CCC2(CC1)N=C(c1ccc(-c3ccc4[nH]ccc4c3)cc1)N(CC1CN(C(=O)C3CC3)C1)C2=O. The Bertz CT molecular complexity index is 1440. The van der Waals surface area contributed by atoms with Crippen molar-refractivity contribution in [2.45, 2.75) is 31.2 Å². The van der Waals surface area contributed by atoms with Crippen molar-refractivity contribution in [1.82, 2.24) is 19.7 Å². The van der Waals surface area contributed by atoms with E-state index in [0.717, 1.165) is 86.4 Å². The molecule has 0 atom stereocenters. The van der Waals surface area contributed by atoms with Gasteiger partial charge in [-0.05, 0) is 60.4 Å². The number of fused-ring (bicyclic) bond motifs is 1. The van der Waals surface area contributed by atoms with Gasteiger partial charge in [0.2, 0.25) is 5.91 Å². The molecule has 3 aromatic rings. The van der Waals surface area contributed by atoms with E-state index in [2.05, 4.69) is 58.4 Å². The Morgan fingerprint density at radius 3 is 2.48 bits per heavy atom. The van der Waals surface area contributed by atoms with Gasteiger partial charge in [0.05, 0.1) is 6.61 Å². The van der Waals surface area contributed by atoms with Crippen LogP contribution in [0.25, 0.3) is 22.0 Å². The van der Waals surface area contributed by atoms with E-state index in [0.29, 0.717) is 25.0 Å². The molecule has 0 unspecified atom stereocenters. The third-order valence-corrected chi connectivity index (χ3v) is 9.18. The van der Waals surface area contributed by atoms with Crippen LogP contribution < -0.4 is 0 Å². The maximum absolute atomic E-state index is 14.1. The van der Waals surface area contributed by atoms with Crippen LogP contribution in [0.15, 0.2) is 59.7 Å². The molecular weight excluding hydrogens is 502 g/mol. The molecule has 208 valence electrons. The molecule has 7 rings (SSSR count). The largest absolute Gasteiger partial charge is 0.383 e. The van der Waals surface area contributed by atoms with Crippen molar-refractivity contribution in [2.75, 3.05) is 53.0 Å². The molecule has 2 aromatic carbocycles. The number of methoxy groups -OCH3 is 1. The maximum atomic E-state index is 14.1. The number of piperidine rings is 1. The summed E-state index contributed by atoms with van der Waals surface area (Å²) in [5.74, 6) is 1.75. The predicted octanol–water partition coefficient (Wildman–Crippen LogP) is 3.77. The monoisotopic (exact) mass is 539 g/mol. The zero-order chi connectivity index (χ0) is 27.3. The fourth-order valence-electron chi connectivity index (χ4n) is 6.50. The van der Waals surface area contributed by atoms with E-state index in [9.17, 15) is 9.59 Å². The van der Waals surface area contributed by atoms with Gasteiger partial charge in [-0.1, -0.05) is 30.3 Å². The molecule has 1 saturated carbocycles. The minimum Gasteiger partial charge on any atom is -0.383 e. The number of likely N-dealkylation sites (tertiary alicyclic amines) is 2. The van der Waals surface area contributed by atoms with Crippen LogP contribution in [-0.2, 0) is 14.3 Å². The predicted molar refractivity (Wildman–Crippen MR) is 155 cm³/mol. The van der Waals surface area contributed by atoms with Crippen LogP contribution in [0.4, 0.5) is 0 Å². The number of hydrogen-bond acceptors (Lipinski definition) is 5. The van der Waals surface area contributed by atoms with Gasteiger partial charge in [0.15, 0.2) is 0 Å². The maximum Gasteiger partial charge on any atom is 0.256 e. The second-order valence-corrected chi connectivity index (χ2v) is 12.0. The Balaban J connectivity index is 1.12. The number of nitrogens with one attached hydrogen (secondary N) is 1. The van der Waals surface area contributed by atoms with Crippen LogP contribution in [-0.4, -0.2) is 95.9 Å². The molecular formula is C32H37N5O3. The Hall–Kier alpha value is -3.49. The van der Waals surface area contributed by atoms with Gasteiger partial charge in [0, 0.05) is 75.5 Å². The lowest BCUT2D eigenvalue weighted by Crippen LogP contribution is -2.57. The fraction of sp³-hybridized carbons (Fsp3) is 0.469. The van der Waals surface area contributed by atoms with Gasteiger partial charge >= 0.3 is 0 Å². The number of hydrogen-bond donors (Lipinski definition) is 1. The summed E-state index contributed by atoms with van der Waals surface area (Å²) in [5, 5.41) is 1.19. The van der Waals surface area contributed by atoms with Crippen molar-refractivity contribution < 1.29 is 14.3 Å². The summed E-state index contributed by atoms with van der Waals surface area (Å²) < 4.78 is 5.27. The molecule has 1 aromatic heterocycles. The molecule has 3 aliphatic heterocycles. The standard InChI is InChI=1S/C32H37N5O3/c1-40-17-16-35-14-11-32(12-15-35)31(39)37(21-22-19-36(20-22)30(38)25-6-7-25)29(34-32)24-4-2-23(3-5-24)26-8-9-28-27(18-26)10-13-33-28/h2-5,8-10,13,18,22,25,33H,6-7,11-12,14-17,19-21H2,1H3. The quantitative estimate of drug-likeness (QED) is 0.473. The summed E-state index contributed by atoms with van der Waals surface area (Å²) in [6.07, 6.45) is 5.46. The van der Waals surface area contributed by atoms with Gasteiger partial charge in [-0.2, -0.15) is 0 Å². The molecule has 8 nitrogen and oxygen atoms in total. The van der Waals surface area contributed by atoms with Gasteiger partial charge in [0.25, 0.3) is 5.91 Å². The third-order valence-electron chi connectivity index (χ3n) is 9.18. The summed E-state index contributed by atoms with van der Waals surface area (Å²) in [4.78, 5) is 41.3. The smallest absolute Gasteiger partial charge is 0.256 e. The lowest BCUT2D eigenvalue weighted by atomic mass is 9.87. The number of aromatic nitrogens is 1. The van der Waals surface area contributed by atoms with Crippen LogP contribution >= 0.6 is 0 Å². The number of rotatable bonds is 8. The molecule has 40 heavy (non-hydrogen) atoms. The summed E-state index contributed by atoms with van der Waals surface area (Å²) in [5.41, 5.74) is 3.71. The van der Waals surface area contributed by atoms with Crippen LogP contribution in [0.3, 0.4) is 0 Å². The van der Waals surface area contributed by atoms with Gasteiger partial charge < -0.3 is 19.5 Å². The van der Waals surface area contributed by atoms with Crippen LogP contribution in [0, 0.1) is 11.8 Å². The zero-order valence-electron chi connectivity index (χ0n) is 23.1. The van der Waals surface area contributed by atoms with E-state index >= 15 is 0 Å². The average Bonchev–Trinajstić information content (AvgIpc) is 3.65. The first-order valence-electron chi connectivity index (χ1n) is 14.6. The van der Waals surface area contributed by atoms with Crippen LogP contribution in [0.2, 0.25) is 0 Å². The minimum absolute atomic E-state index is 0.128. The van der Waals surface area contributed by atoms with E-state index in [1.165, 1.54) is 5.39 Å². The number of carbonyl (C=O) groups excluding carboxylic acids is 2. The molecule has 0 bridgehead atoms. The van der Waals surface area contributed by atoms with Gasteiger partial charge in [-0.3, -0.25) is 19.5 Å². The molecule has 3 fully saturated rings. The first-order chi connectivity index (χ1) is 19.5. The molecule has 0 radical (unpaired) electrons. The molecule has 1 spiro atoms. The van der Waals surface area contributed by atoms with Gasteiger partial charge in [-0.15, -0.1) is 0 Å². The van der Waals surface area contributed by atoms with Crippen molar-refractivity contribution in [2.24, 2.45) is 16.8 Å². The van der Waals surface area contributed by atoms with Crippen molar-refractivity contribution in [3.05, 3.63) is 60.3 Å². The van der Waals surface area contributed by atoms with Crippen molar-refractivity contribution >= 4 is 28.6 Å². The van der Waals surface area contributed by atoms with Crippen LogP contribution in [0.5, 0.6) is 0 Å². The van der Waals surface area contributed by atoms with E-state index in [4.69, 9.17) is 9.73 Å². The number of amides is 2. The Kier molecular flexibility index (Phi) is 6.47. The number of ether oxygens (including phenoxy) is 1. The topological polar surface area (TPSA) is 81.2 Å². The first-order valence-corrected chi connectivity index (χ1v) is 14.6. The summed E-state index contributed by atoms with van der Waals surface area (Å²) >= 11 is 0. The highest BCUT2D eigenvalue weighted by molar-refractivity contribution is 6.15. The summed E-state index contributed by atoms with van der Waals surface area (Å²) in [6.45, 7) is 5.36. The van der Waals surface area contributed by atoms with E-state index < -0.39 is 5.54 Å². The fourth-order valence-corrected chi connectivity index (χ4v) is 6.50. The highest BCUT2D eigenvalue weighted by Gasteiger charge is 2.51. The number of nitrogens with zero attached hydrogens (tertiary/aromatic N) is 4. The Labute approximate surface area is 235 Å². The van der Waals surface area contributed by atoms with Crippen molar-refractivity contribution in [3.63, 3.8) is 0 Å². The van der Waals surface area contributed by atoms with Crippen LogP contribution in [0.1, 0.15) is 31.2 Å². The molecule has 1 N–H and O–H groups in total. The van der Waals surface area contributed by atoms with E-state index in [1.54, 1.807) is 7.11 Å². The number of aliphatic imine (C=N–C) groups is 1. The summed E-state index contributed by atoms with van der Waals surface area (Å²) in [7, 11) is 1.73.